The molecular weight excluding hydrogens is 258 g/mol. The van der Waals surface area contributed by atoms with Crippen molar-refractivity contribution in [2.75, 3.05) is 5.32 Å². The summed E-state index contributed by atoms with van der Waals surface area (Å²) in [4.78, 5) is 16.3. The van der Waals surface area contributed by atoms with Gasteiger partial charge in [0.2, 0.25) is 0 Å². The number of nitrogens with zero attached hydrogens (tertiary/aromatic N) is 3. The lowest BCUT2D eigenvalue weighted by molar-refractivity contribution is 0.102. The molecule has 0 atom stereocenters. The van der Waals surface area contributed by atoms with E-state index in [1.807, 2.05) is 6.92 Å². The summed E-state index contributed by atoms with van der Waals surface area (Å²) in [5, 5.41) is 14.0. The third-order valence-corrected chi connectivity index (χ3v) is 3.11. The number of aromatic amines is 1. The lowest BCUT2D eigenvalue weighted by Gasteiger charge is -2.04. The van der Waals surface area contributed by atoms with E-state index < -0.39 is 0 Å². The number of carbonyl (C=O) groups excluding carboxylic acids is 1. The molecule has 0 unspecified atom stereocenters. The van der Waals surface area contributed by atoms with Gasteiger partial charge in [0.15, 0.2) is 0 Å². The van der Waals surface area contributed by atoms with E-state index in [0.29, 0.717) is 22.8 Å². The number of nitrogens with one attached hydrogen (secondary N) is 2. The van der Waals surface area contributed by atoms with Crippen molar-refractivity contribution in [2.24, 2.45) is 0 Å². The molecule has 7 nitrogen and oxygen atoms in total. The van der Waals surface area contributed by atoms with E-state index in [-0.39, 0.29) is 5.91 Å². The van der Waals surface area contributed by atoms with Gasteiger partial charge in [-0.1, -0.05) is 12.1 Å². The normalized spacial score (nSPS) is 10.9. The predicted octanol–water partition coefficient (Wildman–Crippen LogP) is 2.07. The molecule has 3 aromatic heterocycles. The maximum absolute atomic E-state index is 12.2. The Morgan fingerprint density at radius 2 is 2.30 bits per heavy atom. The van der Waals surface area contributed by atoms with Crippen molar-refractivity contribution in [2.45, 2.75) is 20.3 Å². The molecule has 3 aromatic rings. The molecule has 0 fully saturated rings. The lowest BCUT2D eigenvalue weighted by Crippen LogP contribution is -2.13. The first-order chi connectivity index (χ1) is 9.69. The monoisotopic (exact) mass is 271 g/mol. The van der Waals surface area contributed by atoms with Gasteiger partial charge in [0, 0.05) is 11.8 Å². The Bertz CT molecular complexity index is 774. The van der Waals surface area contributed by atoms with Crippen LogP contribution < -0.4 is 5.32 Å². The van der Waals surface area contributed by atoms with Crippen LogP contribution in [0.5, 0.6) is 0 Å². The summed E-state index contributed by atoms with van der Waals surface area (Å²) in [7, 11) is 0. The average Bonchev–Trinajstić information content (AvgIpc) is 3.05. The van der Waals surface area contributed by atoms with Gasteiger partial charge in [-0.25, -0.2) is 4.98 Å². The largest absolute Gasteiger partial charge is 0.336 e. The molecule has 20 heavy (non-hydrogen) atoms. The first-order valence-corrected chi connectivity index (χ1v) is 6.24. The Hall–Kier alpha value is -2.70. The predicted molar refractivity (Wildman–Crippen MR) is 72.5 cm³/mol. The minimum atomic E-state index is -0.251. The number of pyridine rings is 1. The number of H-pyrrole nitrogens is 1. The third kappa shape index (κ3) is 2.03. The highest BCUT2D eigenvalue weighted by Crippen LogP contribution is 2.18. The van der Waals surface area contributed by atoms with Crippen molar-refractivity contribution in [1.82, 2.24) is 20.3 Å². The van der Waals surface area contributed by atoms with Crippen LogP contribution >= 0.6 is 0 Å². The summed E-state index contributed by atoms with van der Waals surface area (Å²) in [5.41, 5.74) is 2.53. The van der Waals surface area contributed by atoms with E-state index in [9.17, 15) is 4.79 Å². The van der Waals surface area contributed by atoms with Crippen LogP contribution in [0.4, 0.5) is 5.82 Å². The molecular formula is C13H13N5O2. The molecule has 0 bridgehead atoms. The van der Waals surface area contributed by atoms with E-state index in [1.165, 1.54) is 6.20 Å². The van der Waals surface area contributed by atoms with E-state index in [4.69, 9.17) is 4.52 Å². The summed E-state index contributed by atoms with van der Waals surface area (Å²) in [5.74, 6) is 0.360. The zero-order valence-electron chi connectivity index (χ0n) is 11.1. The maximum Gasteiger partial charge on any atom is 0.258 e. The average molecular weight is 271 g/mol. The van der Waals surface area contributed by atoms with Gasteiger partial charge in [-0.15, -0.1) is 0 Å². The molecule has 2 N–H and O–H groups in total. The van der Waals surface area contributed by atoms with Gasteiger partial charge in [-0.05, 0) is 19.4 Å². The van der Waals surface area contributed by atoms with Gasteiger partial charge in [-0.2, -0.15) is 5.10 Å². The molecule has 0 aromatic carbocycles. The molecule has 0 saturated carbocycles. The number of fused-ring (bicyclic) bond motifs is 1. The molecule has 102 valence electrons. The summed E-state index contributed by atoms with van der Waals surface area (Å²) < 4.78 is 5.02. The quantitative estimate of drug-likeness (QED) is 0.760. The number of amides is 1. The van der Waals surface area contributed by atoms with Crippen LogP contribution in [0.3, 0.4) is 0 Å². The molecule has 0 saturated heterocycles. The van der Waals surface area contributed by atoms with Crippen LogP contribution in [-0.4, -0.2) is 26.2 Å². The number of rotatable bonds is 3. The highest BCUT2D eigenvalue weighted by Gasteiger charge is 2.13. The summed E-state index contributed by atoms with van der Waals surface area (Å²) >= 11 is 0. The standard InChI is InChI=1S/C13H13N5O2/c1-3-8-6-15-17-11(8)16-12(19)9-4-10-7(2)18-20-13(10)14-5-9/h4-6H,3H2,1-2H3,(H2,15,16,17,19). The number of aryl methyl sites for hydroxylation is 2. The molecule has 3 heterocycles. The Morgan fingerprint density at radius 1 is 1.45 bits per heavy atom. The minimum Gasteiger partial charge on any atom is -0.336 e. The molecule has 7 heteroatoms. The molecule has 1 amide bonds. The van der Waals surface area contributed by atoms with Crippen LogP contribution in [0.2, 0.25) is 0 Å². The van der Waals surface area contributed by atoms with E-state index in [1.54, 1.807) is 19.2 Å². The van der Waals surface area contributed by atoms with E-state index >= 15 is 0 Å². The lowest BCUT2D eigenvalue weighted by atomic mass is 10.2. The minimum absolute atomic E-state index is 0.251. The second-order valence-electron chi connectivity index (χ2n) is 4.42. The Labute approximate surface area is 114 Å². The molecule has 0 aliphatic rings. The van der Waals surface area contributed by atoms with Crippen LogP contribution in [-0.2, 0) is 6.42 Å². The SMILES string of the molecule is CCc1cn[nH]c1NC(=O)c1cnc2onc(C)c2c1. The van der Waals surface area contributed by atoms with Gasteiger partial charge in [0.05, 0.1) is 22.8 Å². The van der Waals surface area contributed by atoms with Crippen LogP contribution in [0.25, 0.3) is 11.1 Å². The highest BCUT2D eigenvalue weighted by molar-refractivity contribution is 6.05. The Kier molecular flexibility index (Phi) is 2.94. The van der Waals surface area contributed by atoms with Crippen LogP contribution in [0.15, 0.2) is 23.0 Å². The second-order valence-corrected chi connectivity index (χ2v) is 4.42. The first kappa shape index (κ1) is 12.3. The zero-order valence-corrected chi connectivity index (χ0v) is 11.1. The van der Waals surface area contributed by atoms with Crippen molar-refractivity contribution in [3.8, 4) is 0 Å². The summed E-state index contributed by atoms with van der Waals surface area (Å²) in [6.07, 6.45) is 3.94. The number of hydrogen-bond acceptors (Lipinski definition) is 5. The highest BCUT2D eigenvalue weighted by atomic mass is 16.5. The second kappa shape index (κ2) is 4.76. The molecule has 0 spiro atoms. The molecule has 3 rings (SSSR count). The van der Waals surface area contributed by atoms with E-state index in [0.717, 1.165) is 17.4 Å². The van der Waals surface area contributed by atoms with Gasteiger partial charge < -0.3 is 9.84 Å². The molecule has 0 radical (unpaired) electrons. The van der Waals surface area contributed by atoms with Crippen molar-refractivity contribution in [3.63, 3.8) is 0 Å². The Morgan fingerprint density at radius 3 is 3.10 bits per heavy atom. The number of carbonyl (C=O) groups is 1. The number of anilines is 1. The fourth-order valence-corrected chi connectivity index (χ4v) is 1.94. The number of aromatic nitrogens is 4. The van der Waals surface area contributed by atoms with Crippen LogP contribution in [0, 0.1) is 6.92 Å². The fourth-order valence-electron chi connectivity index (χ4n) is 1.94. The van der Waals surface area contributed by atoms with Crippen molar-refractivity contribution in [1.29, 1.82) is 0 Å². The zero-order chi connectivity index (χ0) is 14.1. The van der Waals surface area contributed by atoms with Gasteiger partial charge in [0.1, 0.15) is 5.82 Å². The third-order valence-electron chi connectivity index (χ3n) is 3.11. The summed E-state index contributed by atoms with van der Waals surface area (Å²) in [6.45, 7) is 3.80. The molecule has 0 aliphatic carbocycles. The first-order valence-electron chi connectivity index (χ1n) is 6.24. The fraction of sp³-hybridized carbons (Fsp3) is 0.231. The summed E-state index contributed by atoms with van der Waals surface area (Å²) in [6, 6.07) is 1.71. The van der Waals surface area contributed by atoms with Crippen molar-refractivity contribution in [3.05, 3.63) is 35.3 Å². The Balaban J connectivity index is 1.90. The van der Waals surface area contributed by atoms with Gasteiger partial charge in [-0.3, -0.25) is 9.89 Å². The smallest absolute Gasteiger partial charge is 0.258 e. The van der Waals surface area contributed by atoms with Gasteiger partial charge in [0.25, 0.3) is 11.6 Å². The number of hydrogen-bond donors (Lipinski definition) is 2. The van der Waals surface area contributed by atoms with Crippen molar-refractivity contribution >= 4 is 22.8 Å². The van der Waals surface area contributed by atoms with Crippen molar-refractivity contribution < 1.29 is 9.32 Å². The molecule has 0 aliphatic heterocycles. The topological polar surface area (TPSA) is 96.7 Å². The van der Waals surface area contributed by atoms with Gasteiger partial charge >= 0.3 is 0 Å². The van der Waals surface area contributed by atoms with Crippen LogP contribution in [0.1, 0.15) is 28.5 Å². The maximum atomic E-state index is 12.2. The van der Waals surface area contributed by atoms with E-state index in [2.05, 4.69) is 25.7 Å².